The minimum atomic E-state index is -0.312. The maximum atomic E-state index is 12.1. The molecular weight excluding hydrogens is 306 g/mol. The molecule has 3 amide bonds. The van der Waals surface area contributed by atoms with Crippen molar-refractivity contribution in [1.82, 2.24) is 5.32 Å². The number of hydrogen-bond acceptors (Lipinski definition) is 3. The first-order chi connectivity index (χ1) is 11.6. The second kappa shape index (κ2) is 8.57. The van der Waals surface area contributed by atoms with E-state index in [2.05, 4.69) is 16.0 Å². The summed E-state index contributed by atoms with van der Waals surface area (Å²) in [6, 6.07) is 14.1. The van der Waals surface area contributed by atoms with Gasteiger partial charge >= 0.3 is 6.03 Å². The molecule has 0 saturated heterocycles. The Labute approximate surface area is 141 Å². The summed E-state index contributed by atoms with van der Waals surface area (Å²) >= 11 is 0. The molecule has 0 saturated carbocycles. The summed E-state index contributed by atoms with van der Waals surface area (Å²) in [6.07, 6.45) is 0.263. The molecule has 126 valence electrons. The van der Waals surface area contributed by atoms with Crippen molar-refractivity contribution in [2.24, 2.45) is 0 Å². The third kappa shape index (κ3) is 5.31. The number of benzene rings is 2. The van der Waals surface area contributed by atoms with Gasteiger partial charge in [-0.25, -0.2) is 4.79 Å². The maximum Gasteiger partial charge on any atom is 0.318 e. The Morgan fingerprint density at radius 2 is 1.67 bits per heavy atom. The lowest BCUT2D eigenvalue weighted by atomic mass is 10.1. The highest BCUT2D eigenvalue weighted by molar-refractivity contribution is 5.94. The average Bonchev–Trinajstić information content (AvgIpc) is 2.57. The monoisotopic (exact) mass is 327 g/mol. The Bertz CT molecular complexity index is 699. The number of anilines is 2. The Morgan fingerprint density at radius 1 is 1.00 bits per heavy atom. The number of amides is 3. The molecule has 3 N–H and O–H groups in total. The molecule has 0 aromatic heterocycles. The van der Waals surface area contributed by atoms with Crippen LogP contribution in [0.15, 0.2) is 48.5 Å². The number of carbonyl (C=O) groups is 2. The molecular formula is C18H21N3O3. The number of rotatable bonds is 6. The van der Waals surface area contributed by atoms with Crippen LogP contribution in [-0.4, -0.2) is 25.6 Å². The Balaban J connectivity index is 1.94. The summed E-state index contributed by atoms with van der Waals surface area (Å²) in [5, 5.41) is 7.95. The molecule has 2 rings (SSSR count). The molecule has 0 unspecified atom stereocenters. The minimum Gasteiger partial charge on any atom is -0.494 e. The van der Waals surface area contributed by atoms with Gasteiger partial charge in [0, 0.05) is 18.4 Å². The van der Waals surface area contributed by atoms with Gasteiger partial charge in [0.05, 0.1) is 13.0 Å². The molecule has 0 radical (unpaired) electrons. The number of urea groups is 1. The molecule has 0 fully saturated rings. The summed E-state index contributed by atoms with van der Waals surface area (Å²) in [5.74, 6) is 0.658. The van der Waals surface area contributed by atoms with E-state index in [0.717, 1.165) is 11.3 Å². The van der Waals surface area contributed by atoms with Crippen molar-refractivity contribution in [2.45, 2.75) is 13.3 Å². The first kappa shape index (κ1) is 17.3. The van der Waals surface area contributed by atoms with Crippen LogP contribution in [0.25, 0.3) is 0 Å². The van der Waals surface area contributed by atoms with E-state index in [1.54, 1.807) is 24.3 Å². The Kier molecular flexibility index (Phi) is 6.19. The van der Waals surface area contributed by atoms with Gasteiger partial charge in [0.1, 0.15) is 5.75 Å². The van der Waals surface area contributed by atoms with Crippen molar-refractivity contribution >= 4 is 23.3 Å². The van der Waals surface area contributed by atoms with Gasteiger partial charge in [0.15, 0.2) is 0 Å². The topological polar surface area (TPSA) is 79.5 Å². The van der Waals surface area contributed by atoms with E-state index < -0.39 is 0 Å². The van der Waals surface area contributed by atoms with E-state index in [-0.39, 0.29) is 18.4 Å². The van der Waals surface area contributed by atoms with Crippen LogP contribution in [-0.2, 0) is 11.2 Å². The van der Waals surface area contributed by atoms with Crippen LogP contribution >= 0.6 is 0 Å². The Morgan fingerprint density at radius 3 is 2.29 bits per heavy atom. The van der Waals surface area contributed by atoms with Crippen LogP contribution in [0, 0.1) is 0 Å². The summed E-state index contributed by atoms with van der Waals surface area (Å²) in [4.78, 5) is 23.5. The van der Waals surface area contributed by atoms with Gasteiger partial charge in [-0.05, 0) is 42.8 Å². The molecule has 0 heterocycles. The molecule has 0 aliphatic rings. The largest absolute Gasteiger partial charge is 0.494 e. The molecule has 2 aromatic carbocycles. The highest BCUT2D eigenvalue weighted by Crippen LogP contribution is 2.16. The zero-order valence-electron chi connectivity index (χ0n) is 13.8. The maximum absolute atomic E-state index is 12.1. The van der Waals surface area contributed by atoms with Crippen LogP contribution in [0.5, 0.6) is 5.75 Å². The second-order valence-electron chi connectivity index (χ2n) is 5.09. The van der Waals surface area contributed by atoms with Gasteiger partial charge in [-0.2, -0.15) is 0 Å². The smallest absolute Gasteiger partial charge is 0.318 e. The summed E-state index contributed by atoms with van der Waals surface area (Å²) in [6.45, 7) is 2.54. The van der Waals surface area contributed by atoms with Crippen molar-refractivity contribution in [1.29, 1.82) is 0 Å². The number of carbonyl (C=O) groups excluding carboxylic acids is 2. The average molecular weight is 327 g/mol. The molecule has 6 nitrogen and oxygen atoms in total. The predicted molar refractivity (Wildman–Crippen MR) is 94.5 cm³/mol. The van der Waals surface area contributed by atoms with Crippen molar-refractivity contribution < 1.29 is 14.3 Å². The van der Waals surface area contributed by atoms with Gasteiger partial charge in [-0.1, -0.05) is 18.2 Å². The van der Waals surface area contributed by atoms with Gasteiger partial charge in [-0.3, -0.25) is 4.79 Å². The van der Waals surface area contributed by atoms with Crippen molar-refractivity contribution in [2.75, 3.05) is 24.3 Å². The molecule has 0 aliphatic carbocycles. The highest BCUT2D eigenvalue weighted by Gasteiger charge is 2.06. The molecule has 0 aliphatic heterocycles. The van der Waals surface area contributed by atoms with E-state index in [1.165, 1.54) is 7.05 Å². The van der Waals surface area contributed by atoms with Crippen molar-refractivity contribution in [3.05, 3.63) is 54.1 Å². The molecule has 0 spiro atoms. The normalized spacial score (nSPS) is 9.92. The zero-order valence-corrected chi connectivity index (χ0v) is 13.8. The quantitative estimate of drug-likeness (QED) is 0.763. The lowest BCUT2D eigenvalue weighted by molar-refractivity contribution is -0.115. The number of nitrogens with one attached hydrogen (secondary N) is 3. The summed E-state index contributed by atoms with van der Waals surface area (Å²) in [7, 11) is 1.54. The van der Waals surface area contributed by atoms with Gasteiger partial charge in [0.2, 0.25) is 5.91 Å². The van der Waals surface area contributed by atoms with Crippen molar-refractivity contribution in [3.8, 4) is 5.75 Å². The molecule has 24 heavy (non-hydrogen) atoms. The van der Waals surface area contributed by atoms with Crippen molar-refractivity contribution in [3.63, 3.8) is 0 Å². The fourth-order valence-electron chi connectivity index (χ4n) is 2.13. The first-order valence-electron chi connectivity index (χ1n) is 7.71. The van der Waals surface area contributed by atoms with Gasteiger partial charge in [0.25, 0.3) is 0 Å². The first-order valence-corrected chi connectivity index (χ1v) is 7.71. The third-order valence-corrected chi connectivity index (χ3v) is 3.23. The van der Waals surface area contributed by atoms with E-state index in [0.29, 0.717) is 18.0 Å². The van der Waals surface area contributed by atoms with E-state index >= 15 is 0 Å². The molecule has 2 aromatic rings. The lowest BCUT2D eigenvalue weighted by Gasteiger charge is -2.09. The molecule has 6 heteroatoms. The standard InChI is InChI=1S/C18H21N3O3/c1-3-24-16-9-7-13(8-10-16)11-17(22)20-14-5-4-6-15(12-14)21-18(23)19-2/h4-10,12H,3,11H2,1-2H3,(H,20,22)(H2,19,21,23). The number of hydrogen-bond donors (Lipinski definition) is 3. The second-order valence-corrected chi connectivity index (χ2v) is 5.09. The van der Waals surface area contributed by atoms with Crippen LogP contribution in [0.3, 0.4) is 0 Å². The molecule has 0 atom stereocenters. The number of ether oxygens (including phenoxy) is 1. The SMILES string of the molecule is CCOc1ccc(CC(=O)Nc2cccc(NC(=O)NC)c2)cc1. The molecule has 0 bridgehead atoms. The third-order valence-electron chi connectivity index (χ3n) is 3.23. The lowest BCUT2D eigenvalue weighted by Crippen LogP contribution is -2.24. The zero-order chi connectivity index (χ0) is 17.4. The van der Waals surface area contributed by atoms with Crippen LogP contribution < -0.4 is 20.7 Å². The Hall–Kier alpha value is -3.02. The van der Waals surface area contributed by atoms with E-state index in [1.807, 2.05) is 31.2 Å². The van der Waals surface area contributed by atoms with E-state index in [9.17, 15) is 9.59 Å². The summed E-state index contributed by atoms with van der Waals surface area (Å²) in [5.41, 5.74) is 2.13. The van der Waals surface area contributed by atoms with Crippen LogP contribution in [0.1, 0.15) is 12.5 Å². The van der Waals surface area contributed by atoms with Crippen LogP contribution in [0.2, 0.25) is 0 Å². The minimum absolute atomic E-state index is 0.128. The fourth-order valence-corrected chi connectivity index (χ4v) is 2.13. The summed E-state index contributed by atoms with van der Waals surface area (Å²) < 4.78 is 5.38. The van der Waals surface area contributed by atoms with Gasteiger partial charge < -0.3 is 20.7 Å². The van der Waals surface area contributed by atoms with Gasteiger partial charge in [-0.15, -0.1) is 0 Å². The van der Waals surface area contributed by atoms with Crippen LogP contribution in [0.4, 0.5) is 16.2 Å². The highest BCUT2D eigenvalue weighted by atomic mass is 16.5. The van der Waals surface area contributed by atoms with E-state index in [4.69, 9.17) is 4.74 Å². The predicted octanol–water partition coefficient (Wildman–Crippen LogP) is 3.02. The fraction of sp³-hybridized carbons (Fsp3) is 0.222.